The smallest absolute Gasteiger partial charge is 0.244 e. The molecule has 7 nitrogen and oxygen atoms in total. The third kappa shape index (κ3) is 4.00. The molecule has 2 heterocycles. The van der Waals surface area contributed by atoms with E-state index in [9.17, 15) is 8.42 Å². The normalized spacial score (nSPS) is 20.6. The van der Waals surface area contributed by atoms with Crippen LogP contribution in [0.4, 0.5) is 0 Å². The van der Waals surface area contributed by atoms with E-state index in [1.807, 2.05) is 0 Å². The van der Waals surface area contributed by atoms with E-state index in [2.05, 4.69) is 9.82 Å². The summed E-state index contributed by atoms with van der Waals surface area (Å²) in [5.74, 6) is 0. The highest BCUT2D eigenvalue weighted by Crippen LogP contribution is 2.12. The van der Waals surface area contributed by atoms with Crippen LogP contribution in [0.5, 0.6) is 0 Å². The molecule has 2 rings (SSSR count). The molecule has 0 aliphatic carbocycles. The van der Waals surface area contributed by atoms with Crippen LogP contribution in [0.15, 0.2) is 17.3 Å². The summed E-state index contributed by atoms with van der Waals surface area (Å²) in [6.45, 7) is 2.31. The first-order chi connectivity index (χ1) is 9.12. The minimum Gasteiger partial charge on any atom is -0.380 e. The molecule has 1 fully saturated rings. The summed E-state index contributed by atoms with van der Waals surface area (Å²) < 4.78 is 33.8. The Balaban J connectivity index is 1.99. The van der Waals surface area contributed by atoms with Crippen molar-refractivity contribution in [2.24, 2.45) is 5.73 Å². The summed E-state index contributed by atoms with van der Waals surface area (Å²) >= 11 is 0. The highest BCUT2D eigenvalue weighted by Gasteiger charge is 2.23. The predicted molar refractivity (Wildman–Crippen MR) is 70.1 cm³/mol. The van der Waals surface area contributed by atoms with Gasteiger partial charge in [-0.2, -0.15) is 5.10 Å². The second-order valence-electron chi connectivity index (χ2n) is 4.62. The maximum atomic E-state index is 12.1. The molecular weight excluding hydrogens is 268 g/mol. The molecule has 1 aromatic rings. The standard InChI is InChI=1S/C11H20N4O3S/c12-4-2-5-15-8-11(7-13-15)19(16,17)14-10-3-1-6-18-9-10/h7-8,10,14H,1-6,9,12H2. The van der Waals surface area contributed by atoms with Gasteiger partial charge in [-0.05, 0) is 25.8 Å². The first-order valence-electron chi connectivity index (χ1n) is 6.44. The molecule has 0 bridgehead atoms. The molecule has 19 heavy (non-hydrogen) atoms. The molecular formula is C11H20N4O3S. The number of hydrogen-bond acceptors (Lipinski definition) is 5. The topological polar surface area (TPSA) is 99.2 Å². The lowest BCUT2D eigenvalue weighted by Crippen LogP contribution is -2.40. The van der Waals surface area contributed by atoms with E-state index in [1.54, 1.807) is 4.68 Å². The van der Waals surface area contributed by atoms with Gasteiger partial charge < -0.3 is 10.5 Å². The maximum Gasteiger partial charge on any atom is 0.244 e. The van der Waals surface area contributed by atoms with E-state index in [4.69, 9.17) is 10.5 Å². The fourth-order valence-corrected chi connectivity index (χ4v) is 3.19. The Kier molecular flexibility index (Phi) is 4.92. The minimum absolute atomic E-state index is 0.147. The van der Waals surface area contributed by atoms with E-state index < -0.39 is 10.0 Å². The SMILES string of the molecule is NCCCn1cc(S(=O)(=O)NC2CCCOC2)cn1. The molecule has 1 atom stereocenters. The van der Waals surface area contributed by atoms with Gasteiger partial charge in [0.2, 0.25) is 10.0 Å². The Morgan fingerprint density at radius 3 is 3.11 bits per heavy atom. The Bertz CT molecular complexity index is 494. The van der Waals surface area contributed by atoms with E-state index in [1.165, 1.54) is 12.4 Å². The number of nitrogens with two attached hydrogens (primary N) is 1. The summed E-state index contributed by atoms with van der Waals surface area (Å²) in [7, 11) is -3.51. The zero-order chi connectivity index (χ0) is 13.7. The number of ether oxygens (including phenoxy) is 1. The number of nitrogens with zero attached hydrogens (tertiary/aromatic N) is 2. The number of sulfonamides is 1. The molecule has 0 amide bonds. The largest absolute Gasteiger partial charge is 0.380 e. The van der Waals surface area contributed by atoms with Crippen LogP contribution in [0.2, 0.25) is 0 Å². The van der Waals surface area contributed by atoms with Crippen LogP contribution >= 0.6 is 0 Å². The van der Waals surface area contributed by atoms with E-state index in [-0.39, 0.29) is 10.9 Å². The van der Waals surface area contributed by atoms with Gasteiger partial charge in [0.1, 0.15) is 4.90 Å². The monoisotopic (exact) mass is 288 g/mol. The van der Waals surface area contributed by atoms with Crippen LogP contribution in [0, 0.1) is 0 Å². The Morgan fingerprint density at radius 1 is 1.58 bits per heavy atom. The van der Waals surface area contributed by atoms with Gasteiger partial charge >= 0.3 is 0 Å². The molecule has 8 heteroatoms. The first kappa shape index (κ1) is 14.4. The quantitative estimate of drug-likeness (QED) is 0.748. The molecule has 1 aliphatic rings. The average Bonchev–Trinajstić information content (AvgIpc) is 2.86. The van der Waals surface area contributed by atoms with Gasteiger partial charge in [0.05, 0.1) is 12.8 Å². The third-order valence-electron chi connectivity index (χ3n) is 2.99. The van der Waals surface area contributed by atoms with Gasteiger partial charge in [0.25, 0.3) is 0 Å². The van der Waals surface area contributed by atoms with Crippen molar-refractivity contribution in [1.82, 2.24) is 14.5 Å². The van der Waals surface area contributed by atoms with Crippen molar-refractivity contribution in [1.29, 1.82) is 0 Å². The molecule has 1 saturated heterocycles. The minimum atomic E-state index is -3.51. The fraction of sp³-hybridized carbons (Fsp3) is 0.727. The second-order valence-corrected chi connectivity index (χ2v) is 6.33. The third-order valence-corrected chi connectivity index (χ3v) is 4.47. The maximum absolute atomic E-state index is 12.1. The van der Waals surface area contributed by atoms with E-state index in [0.717, 1.165) is 19.3 Å². The number of hydrogen-bond donors (Lipinski definition) is 2. The number of aryl methyl sites for hydroxylation is 1. The summed E-state index contributed by atoms with van der Waals surface area (Å²) in [4.78, 5) is 0.190. The molecule has 0 radical (unpaired) electrons. The van der Waals surface area contributed by atoms with Crippen molar-refractivity contribution < 1.29 is 13.2 Å². The molecule has 108 valence electrons. The molecule has 0 aromatic carbocycles. The fourth-order valence-electron chi connectivity index (χ4n) is 1.98. The van der Waals surface area contributed by atoms with Gasteiger partial charge in [-0.1, -0.05) is 0 Å². The highest BCUT2D eigenvalue weighted by molar-refractivity contribution is 7.89. The molecule has 1 aliphatic heterocycles. The second kappa shape index (κ2) is 6.47. The van der Waals surface area contributed by atoms with Crippen molar-refractivity contribution in [3.63, 3.8) is 0 Å². The first-order valence-corrected chi connectivity index (χ1v) is 7.93. The van der Waals surface area contributed by atoms with Crippen LogP contribution < -0.4 is 10.5 Å². The van der Waals surface area contributed by atoms with E-state index in [0.29, 0.717) is 26.3 Å². The number of rotatable bonds is 6. The van der Waals surface area contributed by atoms with Crippen LogP contribution in [-0.2, 0) is 21.3 Å². The Hall–Kier alpha value is -0.960. The van der Waals surface area contributed by atoms with Crippen LogP contribution in [0.25, 0.3) is 0 Å². The molecule has 1 aromatic heterocycles. The lowest BCUT2D eigenvalue weighted by molar-refractivity contribution is 0.0774. The van der Waals surface area contributed by atoms with Crippen LogP contribution in [0.3, 0.4) is 0 Å². The van der Waals surface area contributed by atoms with Crippen molar-refractivity contribution >= 4 is 10.0 Å². The predicted octanol–water partition coefficient (Wildman–Crippen LogP) is -0.311. The lowest BCUT2D eigenvalue weighted by Gasteiger charge is -2.22. The van der Waals surface area contributed by atoms with Gasteiger partial charge in [0, 0.05) is 25.4 Å². The van der Waals surface area contributed by atoms with Gasteiger partial charge in [-0.25, -0.2) is 13.1 Å². The highest BCUT2D eigenvalue weighted by atomic mass is 32.2. The van der Waals surface area contributed by atoms with E-state index >= 15 is 0 Å². The zero-order valence-electron chi connectivity index (χ0n) is 10.8. The summed E-state index contributed by atoms with van der Waals surface area (Å²) in [6.07, 6.45) is 5.35. The Morgan fingerprint density at radius 2 is 2.42 bits per heavy atom. The molecule has 3 N–H and O–H groups in total. The lowest BCUT2D eigenvalue weighted by atomic mass is 10.1. The van der Waals surface area contributed by atoms with Crippen LogP contribution in [-0.4, -0.2) is 44.0 Å². The molecule has 0 saturated carbocycles. The van der Waals surface area contributed by atoms with Crippen molar-refractivity contribution in [2.75, 3.05) is 19.8 Å². The average molecular weight is 288 g/mol. The summed E-state index contributed by atoms with van der Waals surface area (Å²) in [5.41, 5.74) is 5.41. The van der Waals surface area contributed by atoms with Crippen molar-refractivity contribution in [3.05, 3.63) is 12.4 Å². The molecule has 1 unspecified atom stereocenters. The van der Waals surface area contributed by atoms with Gasteiger partial charge in [-0.15, -0.1) is 0 Å². The summed E-state index contributed by atoms with van der Waals surface area (Å²) in [5, 5.41) is 4.02. The van der Waals surface area contributed by atoms with Gasteiger partial charge in [-0.3, -0.25) is 4.68 Å². The van der Waals surface area contributed by atoms with Crippen LogP contribution in [0.1, 0.15) is 19.3 Å². The molecule has 0 spiro atoms. The number of nitrogens with one attached hydrogen (secondary N) is 1. The van der Waals surface area contributed by atoms with Crippen molar-refractivity contribution in [3.8, 4) is 0 Å². The van der Waals surface area contributed by atoms with Gasteiger partial charge in [0.15, 0.2) is 0 Å². The Labute approximate surface area is 113 Å². The summed E-state index contributed by atoms with van der Waals surface area (Å²) in [6, 6.07) is -0.147. The van der Waals surface area contributed by atoms with Crippen molar-refractivity contribution in [2.45, 2.75) is 36.7 Å². The zero-order valence-corrected chi connectivity index (χ0v) is 11.6. The number of aromatic nitrogens is 2.